The van der Waals surface area contributed by atoms with Crippen LogP contribution >= 0.6 is 0 Å². The molecule has 0 radical (unpaired) electrons. The molecular formula is C16H21FO4. The minimum Gasteiger partial charge on any atom is -0.494 e. The lowest BCUT2D eigenvalue weighted by atomic mass is 9.86. The summed E-state index contributed by atoms with van der Waals surface area (Å²) in [7, 11) is 1.41. The number of carbonyl (C=O) groups is 1. The average molecular weight is 296 g/mol. The number of Topliss-reactive ketones (excluding diaryl/α,β-unsaturated/α-hetero) is 1. The average Bonchev–Trinajstić information content (AvgIpc) is 2.50. The Hall–Kier alpha value is -1.46. The van der Waals surface area contributed by atoms with Crippen LogP contribution < -0.4 is 4.74 Å². The summed E-state index contributed by atoms with van der Waals surface area (Å²) >= 11 is 0. The van der Waals surface area contributed by atoms with Gasteiger partial charge in [0.2, 0.25) is 0 Å². The molecule has 0 saturated carbocycles. The van der Waals surface area contributed by atoms with Gasteiger partial charge in [-0.15, -0.1) is 0 Å². The maximum Gasteiger partial charge on any atom is 0.169 e. The molecule has 1 aromatic carbocycles. The first-order valence-electron chi connectivity index (χ1n) is 7.19. The van der Waals surface area contributed by atoms with Gasteiger partial charge in [-0.1, -0.05) is 12.1 Å². The van der Waals surface area contributed by atoms with Crippen molar-refractivity contribution < 1.29 is 23.4 Å². The Bertz CT molecular complexity index is 490. The van der Waals surface area contributed by atoms with Crippen molar-refractivity contribution >= 4 is 5.78 Å². The molecule has 0 spiro atoms. The lowest BCUT2D eigenvalue weighted by molar-refractivity contribution is -0.156. The van der Waals surface area contributed by atoms with E-state index in [-0.39, 0.29) is 18.0 Å². The number of ether oxygens (including phenoxy) is 3. The van der Waals surface area contributed by atoms with E-state index in [2.05, 4.69) is 0 Å². The van der Waals surface area contributed by atoms with Crippen LogP contribution in [0.25, 0.3) is 0 Å². The largest absolute Gasteiger partial charge is 0.494 e. The highest BCUT2D eigenvalue weighted by atomic mass is 19.1. The molecule has 1 aromatic rings. The predicted molar refractivity (Wildman–Crippen MR) is 76.1 cm³/mol. The Kier molecular flexibility index (Phi) is 5.31. The van der Waals surface area contributed by atoms with Gasteiger partial charge in [-0.05, 0) is 18.6 Å². The molecule has 0 amide bonds. The second-order valence-electron chi connectivity index (χ2n) is 5.07. The lowest BCUT2D eigenvalue weighted by Crippen LogP contribution is -2.47. The predicted octanol–water partition coefficient (Wildman–Crippen LogP) is 2.53. The third-order valence-electron chi connectivity index (χ3n) is 3.84. The number of carbonyl (C=O) groups excluding carboxylic acids is 1. The summed E-state index contributed by atoms with van der Waals surface area (Å²) in [5.41, 5.74) is -0.507. The van der Waals surface area contributed by atoms with Gasteiger partial charge in [0.1, 0.15) is 5.60 Å². The van der Waals surface area contributed by atoms with E-state index in [1.54, 1.807) is 12.1 Å². The fourth-order valence-electron chi connectivity index (χ4n) is 2.67. The molecule has 0 aliphatic carbocycles. The van der Waals surface area contributed by atoms with Gasteiger partial charge in [0, 0.05) is 39.1 Å². The molecule has 1 fully saturated rings. The quantitative estimate of drug-likeness (QED) is 0.809. The number of methoxy groups -OCH3 is 1. The molecule has 21 heavy (non-hydrogen) atoms. The van der Waals surface area contributed by atoms with Crippen LogP contribution in [0.1, 0.15) is 25.3 Å². The number of halogens is 1. The van der Waals surface area contributed by atoms with E-state index in [1.165, 1.54) is 13.2 Å². The Morgan fingerprint density at radius 3 is 2.71 bits per heavy atom. The molecule has 1 heterocycles. The molecule has 1 aliphatic rings. The third kappa shape index (κ3) is 3.41. The summed E-state index contributed by atoms with van der Waals surface area (Å²) in [6, 6.07) is 4.83. The van der Waals surface area contributed by atoms with Crippen molar-refractivity contribution in [2.75, 3.05) is 26.9 Å². The summed E-state index contributed by atoms with van der Waals surface area (Å²) in [6.07, 6.45) is 1.04. The van der Waals surface area contributed by atoms with Gasteiger partial charge in [-0.25, -0.2) is 4.39 Å². The zero-order valence-electron chi connectivity index (χ0n) is 12.5. The molecule has 0 unspecified atom stereocenters. The zero-order chi connectivity index (χ0) is 15.3. The van der Waals surface area contributed by atoms with Crippen LogP contribution in [0, 0.1) is 5.82 Å². The highest BCUT2D eigenvalue weighted by Crippen LogP contribution is 2.29. The second kappa shape index (κ2) is 7.00. The molecule has 0 atom stereocenters. The Labute approximate surface area is 124 Å². The number of ketones is 1. The number of rotatable bonds is 6. The smallest absolute Gasteiger partial charge is 0.169 e. The van der Waals surface area contributed by atoms with Gasteiger partial charge < -0.3 is 14.2 Å². The van der Waals surface area contributed by atoms with E-state index >= 15 is 0 Å². The van der Waals surface area contributed by atoms with Crippen LogP contribution in [0.2, 0.25) is 0 Å². The maximum atomic E-state index is 14.2. The monoisotopic (exact) mass is 296 g/mol. The van der Waals surface area contributed by atoms with E-state index in [0.29, 0.717) is 38.2 Å². The van der Waals surface area contributed by atoms with Gasteiger partial charge in [0.15, 0.2) is 17.3 Å². The van der Waals surface area contributed by atoms with Crippen molar-refractivity contribution in [2.45, 2.75) is 31.8 Å². The summed E-state index contributed by atoms with van der Waals surface area (Å²) < 4.78 is 30.1. The molecule has 5 heteroatoms. The van der Waals surface area contributed by atoms with E-state index in [0.717, 1.165) is 0 Å². The Morgan fingerprint density at radius 1 is 1.38 bits per heavy atom. The molecule has 4 nitrogen and oxygen atoms in total. The van der Waals surface area contributed by atoms with Gasteiger partial charge >= 0.3 is 0 Å². The standard InChI is InChI=1S/C16H21FO4/c1-3-21-16(7-9-20-10-8-16)14(18)11-12-5-4-6-13(19-2)15(12)17/h4-6H,3,7-11H2,1-2H3. The highest BCUT2D eigenvalue weighted by molar-refractivity contribution is 5.89. The molecular weight excluding hydrogens is 275 g/mol. The summed E-state index contributed by atoms with van der Waals surface area (Å²) in [5.74, 6) is -0.426. The molecule has 1 aliphatic heterocycles. The van der Waals surface area contributed by atoms with Crippen molar-refractivity contribution in [2.24, 2.45) is 0 Å². The van der Waals surface area contributed by atoms with Gasteiger partial charge in [0.05, 0.1) is 7.11 Å². The van der Waals surface area contributed by atoms with Gasteiger partial charge in [-0.3, -0.25) is 4.79 Å². The van der Waals surface area contributed by atoms with Crippen LogP contribution in [-0.4, -0.2) is 38.3 Å². The first-order chi connectivity index (χ1) is 10.1. The van der Waals surface area contributed by atoms with E-state index in [1.807, 2.05) is 6.92 Å². The van der Waals surface area contributed by atoms with Gasteiger partial charge in [-0.2, -0.15) is 0 Å². The summed E-state index contributed by atoms with van der Waals surface area (Å²) in [5, 5.41) is 0. The zero-order valence-corrected chi connectivity index (χ0v) is 12.5. The third-order valence-corrected chi connectivity index (χ3v) is 3.84. The number of hydrogen-bond acceptors (Lipinski definition) is 4. The topological polar surface area (TPSA) is 44.8 Å². The molecule has 0 N–H and O–H groups in total. The van der Waals surface area contributed by atoms with Gasteiger partial charge in [0.25, 0.3) is 0 Å². The molecule has 0 bridgehead atoms. The van der Waals surface area contributed by atoms with Crippen molar-refractivity contribution in [1.82, 2.24) is 0 Å². The van der Waals surface area contributed by atoms with Crippen LogP contribution in [0.3, 0.4) is 0 Å². The van der Waals surface area contributed by atoms with Crippen molar-refractivity contribution in [1.29, 1.82) is 0 Å². The van der Waals surface area contributed by atoms with Crippen molar-refractivity contribution in [3.63, 3.8) is 0 Å². The fraction of sp³-hybridized carbons (Fsp3) is 0.562. The van der Waals surface area contributed by atoms with Crippen molar-refractivity contribution in [3.05, 3.63) is 29.6 Å². The van der Waals surface area contributed by atoms with Crippen LogP contribution in [0.4, 0.5) is 4.39 Å². The Morgan fingerprint density at radius 2 is 2.10 bits per heavy atom. The second-order valence-corrected chi connectivity index (χ2v) is 5.07. The summed E-state index contributed by atoms with van der Waals surface area (Å²) in [6.45, 7) is 3.29. The van der Waals surface area contributed by atoms with E-state index in [4.69, 9.17) is 14.2 Å². The SMILES string of the molecule is CCOC1(C(=O)Cc2cccc(OC)c2F)CCOCC1. The van der Waals surface area contributed by atoms with Crippen molar-refractivity contribution in [3.8, 4) is 5.75 Å². The lowest BCUT2D eigenvalue weighted by Gasteiger charge is -2.35. The summed E-state index contributed by atoms with van der Waals surface area (Å²) in [4.78, 5) is 12.6. The molecule has 2 rings (SSSR count). The van der Waals surface area contributed by atoms with E-state index in [9.17, 15) is 9.18 Å². The Balaban J connectivity index is 2.19. The van der Waals surface area contributed by atoms with Crippen LogP contribution in [-0.2, 0) is 20.7 Å². The minimum atomic E-state index is -0.845. The van der Waals surface area contributed by atoms with Crippen LogP contribution in [0.5, 0.6) is 5.75 Å². The molecule has 116 valence electrons. The maximum absolute atomic E-state index is 14.2. The minimum absolute atomic E-state index is 0.00301. The normalized spacial score (nSPS) is 17.5. The molecule has 1 saturated heterocycles. The fourth-order valence-corrected chi connectivity index (χ4v) is 2.67. The van der Waals surface area contributed by atoms with Crippen LogP contribution in [0.15, 0.2) is 18.2 Å². The molecule has 0 aromatic heterocycles. The number of hydrogen-bond donors (Lipinski definition) is 0. The highest BCUT2D eigenvalue weighted by Gasteiger charge is 2.40. The first-order valence-corrected chi connectivity index (χ1v) is 7.19. The number of benzene rings is 1. The first kappa shape index (κ1) is 15.9. The van der Waals surface area contributed by atoms with E-state index < -0.39 is 11.4 Å².